The maximum atomic E-state index is 12.5. The fraction of sp³-hybridized carbons (Fsp3) is 0.364. The van der Waals surface area contributed by atoms with Crippen LogP contribution in [0.4, 0.5) is 11.4 Å². The summed E-state index contributed by atoms with van der Waals surface area (Å²) >= 11 is 0. The molecule has 6 heteroatoms. The van der Waals surface area contributed by atoms with Crippen molar-refractivity contribution in [2.24, 2.45) is 0 Å². The van der Waals surface area contributed by atoms with E-state index in [1.165, 1.54) is 0 Å². The molecule has 1 fully saturated rings. The summed E-state index contributed by atoms with van der Waals surface area (Å²) in [5.74, 6) is 0.416. The predicted molar refractivity (Wildman–Crippen MR) is 111 cm³/mol. The van der Waals surface area contributed by atoms with E-state index in [0.717, 1.165) is 28.3 Å². The summed E-state index contributed by atoms with van der Waals surface area (Å²) in [5.41, 5.74) is 3.92. The van der Waals surface area contributed by atoms with E-state index < -0.39 is 0 Å². The van der Waals surface area contributed by atoms with Crippen LogP contribution in [0, 0.1) is 13.8 Å². The zero-order chi connectivity index (χ0) is 20.1. The third-order valence-electron chi connectivity index (χ3n) is 4.88. The average Bonchev–Trinajstić information content (AvgIpc) is 2.67. The number of hydrogen-bond acceptors (Lipinski definition) is 4. The van der Waals surface area contributed by atoms with Crippen LogP contribution in [-0.4, -0.2) is 50.0 Å². The molecule has 0 atom stereocenters. The number of nitrogens with one attached hydrogen (secondary N) is 1. The van der Waals surface area contributed by atoms with Crippen LogP contribution in [0.1, 0.15) is 17.5 Å². The number of amides is 2. The molecule has 0 aliphatic carbocycles. The van der Waals surface area contributed by atoms with Crippen molar-refractivity contribution in [2.45, 2.75) is 20.3 Å². The summed E-state index contributed by atoms with van der Waals surface area (Å²) in [5, 5.41) is 2.83. The van der Waals surface area contributed by atoms with Gasteiger partial charge >= 0.3 is 0 Å². The molecular weight excluding hydrogens is 354 g/mol. The molecule has 2 aromatic carbocycles. The van der Waals surface area contributed by atoms with Crippen LogP contribution in [0.15, 0.2) is 42.5 Å². The van der Waals surface area contributed by atoms with Gasteiger partial charge in [0.05, 0.1) is 12.8 Å². The molecule has 0 spiro atoms. The maximum Gasteiger partial charge on any atom is 0.233 e. The van der Waals surface area contributed by atoms with Gasteiger partial charge in [0.15, 0.2) is 0 Å². The highest BCUT2D eigenvalue weighted by molar-refractivity contribution is 6.03. The monoisotopic (exact) mass is 381 g/mol. The Morgan fingerprint density at radius 3 is 2.29 bits per heavy atom. The molecule has 148 valence electrons. The Morgan fingerprint density at radius 1 is 1.00 bits per heavy atom. The summed E-state index contributed by atoms with van der Waals surface area (Å²) in [6.45, 7) is 6.57. The lowest BCUT2D eigenvalue weighted by Crippen LogP contribution is -2.49. The highest BCUT2D eigenvalue weighted by Gasteiger charge is 2.24. The van der Waals surface area contributed by atoms with Crippen molar-refractivity contribution in [2.75, 3.05) is 43.5 Å². The molecule has 0 unspecified atom stereocenters. The van der Waals surface area contributed by atoms with Crippen molar-refractivity contribution < 1.29 is 14.3 Å². The van der Waals surface area contributed by atoms with E-state index in [1.54, 1.807) is 12.0 Å². The second-order valence-corrected chi connectivity index (χ2v) is 7.14. The van der Waals surface area contributed by atoms with Gasteiger partial charge in [-0.3, -0.25) is 9.59 Å². The van der Waals surface area contributed by atoms with E-state index in [9.17, 15) is 9.59 Å². The molecule has 6 nitrogen and oxygen atoms in total. The predicted octanol–water partition coefficient (Wildman–Crippen LogP) is 2.99. The fourth-order valence-electron chi connectivity index (χ4n) is 3.59. The summed E-state index contributed by atoms with van der Waals surface area (Å²) in [6, 6.07) is 13.7. The van der Waals surface area contributed by atoms with Gasteiger partial charge in [-0.1, -0.05) is 18.2 Å². The molecular formula is C22H27N3O3. The first-order valence-electron chi connectivity index (χ1n) is 9.50. The van der Waals surface area contributed by atoms with Crippen LogP contribution in [-0.2, 0) is 9.59 Å². The molecule has 2 amide bonds. The van der Waals surface area contributed by atoms with E-state index >= 15 is 0 Å². The Bertz CT molecular complexity index is 838. The van der Waals surface area contributed by atoms with Crippen LogP contribution in [0.25, 0.3) is 0 Å². The molecule has 3 rings (SSSR count). The second kappa shape index (κ2) is 8.78. The number of carbonyl (C=O) groups is 2. The Labute approximate surface area is 166 Å². The number of carbonyl (C=O) groups excluding carboxylic acids is 2. The first kappa shape index (κ1) is 19.7. The minimum atomic E-state index is -0.276. The number of nitrogens with zero attached hydrogens (tertiary/aromatic N) is 2. The van der Waals surface area contributed by atoms with E-state index in [2.05, 4.69) is 10.2 Å². The number of ether oxygens (including phenoxy) is 1. The van der Waals surface area contributed by atoms with Crippen molar-refractivity contribution in [3.05, 3.63) is 53.6 Å². The summed E-state index contributed by atoms with van der Waals surface area (Å²) in [7, 11) is 1.66. The van der Waals surface area contributed by atoms with Crippen LogP contribution in [0.3, 0.4) is 0 Å². The molecule has 1 aliphatic heterocycles. The van der Waals surface area contributed by atoms with Crippen molar-refractivity contribution >= 4 is 23.2 Å². The van der Waals surface area contributed by atoms with Gasteiger partial charge in [0.1, 0.15) is 12.2 Å². The van der Waals surface area contributed by atoms with Gasteiger partial charge in [0.2, 0.25) is 11.8 Å². The average molecular weight is 381 g/mol. The Balaban J connectivity index is 1.53. The van der Waals surface area contributed by atoms with Crippen LogP contribution in [0.5, 0.6) is 5.75 Å². The van der Waals surface area contributed by atoms with Crippen LogP contribution in [0.2, 0.25) is 0 Å². The molecule has 1 heterocycles. The molecule has 2 aromatic rings. The van der Waals surface area contributed by atoms with Gasteiger partial charge in [-0.25, -0.2) is 0 Å². The Hall–Kier alpha value is -3.02. The minimum absolute atomic E-state index is 0.137. The Kier molecular flexibility index (Phi) is 6.19. The number of benzene rings is 2. The van der Waals surface area contributed by atoms with Gasteiger partial charge in [-0.2, -0.15) is 0 Å². The van der Waals surface area contributed by atoms with Crippen molar-refractivity contribution in [3.8, 4) is 5.75 Å². The zero-order valence-corrected chi connectivity index (χ0v) is 16.7. The number of piperazine rings is 1. The molecule has 1 N–H and O–H groups in total. The Morgan fingerprint density at radius 2 is 1.64 bits per heavy atom. The number of aryl methyl sites for hydroxylation is 2. The van der Waals surface area contributed by atoms with E-state index in [-0.39, 0.29) is 18.2 Å². The normalized spacial score (nSPS) is 14.0. The summed E-state index contributed by atoms with van der Waals surface area (Å²) in [6.07, 6.45) is -0.137. The lowest BCUT2D eigenvalue weighted by molar-refractivity contribution is -0.134. The third-order valence-corrected chi connectivity index (χ3v) is 4.88. The second-order valence-electron chi connectivity index (χ2n) is 7.14. The van der Waals surface area contributed by atoms with Crippen molar-refractivity contribution in [1.82, 2.24) is 4.90 Å². The van der Waals surface area contributed by atoms with Crippen LogP contribution < -0.4 is 15.0 Å². The maximum absolute atomic E-state index is 12.5. The summed E-state index contributed by atoms with van der Waals surface area (Å²) in [4.78, 5) is 28.8. The number of anilines is 2. The minimum Gasteiger partial charge on any atom is -0.495 e. The molecule has 0 aromatic heterocycles. The van der Waals surface area contributed by atoms with Crippen LogP contribution >= 0.6 is 0 Å². The number of para-hydroxylation sites is 2. The first-order valence-corrected chi connectivity index (χ1v) is 9.50. The smallest absolute Gasteiger partial charge is 0.233 e. The largest absolute Gasteiger partial charge is 0.495 e. The molecule has 1 aliphatic rings. The third kappa shape index (κ3) is 4.82. The molecule has 0 radical (unpaired) electrons. The summed E-state index contributed by atoms with van der Waals surface area (Å²) < 4.78 is 5.42. The quantitative estimate of drug-likeness (QED) is 0.809. The van der Waals surface area contributed by atoms with E-state index in [4.69, 9.17) is 4.74 Å². The van der Waals surface area contributed by atoms with Gasteiger partial charge in [-0.15, -0.1) is 0 Å². The molecule has 0 bridgehead atoms. The van der Waals surface area contributed by atoms with E-state index in [1.807, 2.05) is 56.3 Å². The van der Waals surface area contributed by atoms with Crippen molar-refractivity contribution in [1.29, 1.82) is 0 Å². The number of hydrogen-bond donors (Lipinski definition) is 1. The van der Waals surface area contributed by atoms with Crippen molar-refractivity contribution in [3.63, 3.8) is 0 Å². The van der Waals surface area contributed by atoms with E-state index in [0.29, 0.717) is 26.2 Å². The lowest BCUT2D eigenvalue weighted by atomic mass is 10.1. The number of methoxy groups -OCH3 is 1. The zero-order valence-electron chi connectivity index (χ0n) is 16.7. The lowest BCUT2D eigenvalue weighted by Gasteiger charge is -2.36. The molecule has 0 saturated carbocycles. The highest BCUT2D eigenvalue weighted by atomic mass is 16.5. The standard InChI is InChI=1S/C22H27N3O3/c1-16-12-17(2)14-18(13-16)23-21(26)15-22(27)25-10-8-24(9-11-25)19-6-4-5-7-20(19)28-3/h4-7,12-14H,8-11,15H2,1-3H3,(H,23,26). The topological polar surface area (TPSA) is 61.9 Å². The van der Waals surface area contributed by atoms with Gasteiger partial charge in [0.25, 0.3) is 0 Å². The molecule has 1 saturated heterocycles. The fourth-order valence-corrected chi connectivity index (χ4v) is 3.59. The van der Waals surface area contributed by atoms with Gasteiger partial charge in [-0.05, 0) is 49.2 Å². The molecule has 28 heavy (non-hydrogen) atoms. The first-order chi connectivity index (χ1) is 13.5. The number of rotatable bonds is 5. The SMILES string of the molecule is COc1ccccc1N1CCN(C(=O)CC(=O)Nc2cc(C)cc(C)c2)CC1. The van der Waals surface area contributed by atoms with Gasteiger partial charge < -0.3 is 19.9 Å². The van der Waals surface area contributed by atoms with Gasteiger partial charge in [0, 0.05) is 31.9 Å². The highest BCUT2D eigenvalue weighted by Crippen LogP contribution is 2.28.